The minimum atomic E-state index is -0.488. The van der Waals surface area contributed by atoms with Crippen LogP contribution in [0.25, 0.3) is 0 Å². The molecule has 0 radical (unpaired) electrons. The summed E-state index contributed by atoms with van der Waals surface area (Å²) in [7, 11) is 0. The Balaban J connectivity index is 2.58. The van der Waals surface area contributed by atoms with E-state index in [2.05, 4.69) is 25.6 Å². The number of aromatic nitrogens is 3. The molecule has 0 fully saturated rings. The van der Waals surface area contributed by atoms with Gasteiger partial charge in [-0.25, -0.2) is 0 Å². The fraction of sp³-hybridized carbons (Fsp3) is 0.600. The summed E-state index contributed by atoms with van der Waals surface area (Å²) in [6.45, 7) is 6.35. The second kappa shape index (κ2) is 6.70. The maximum Gasteiger partial charge on any atom is 0.242 e. The highest BCUT2D eigenvalue weighted by Crippen LogP contribution is 2.10. The molecule has 0 saturated heterocycles. The van der Waals surface area contributed by atoms with Crippen LogP contribution in [0, 0.1) is 5.92 Å². The smallest absolute Gasteiger partial charge is 0.242 e. The van der Waals surface area contributed by atoms with E-state index in [1.165, 1.54) is 0 Å². The quantitative estimate of drug-likeness (QED) is 0.864. The molecule has 1 aromatic rings. The molecule has 1 amide bonds. The van der Waals surface area contributed by atoms with Crippen LogP contribution in [0.4, 0.5) is 5.95 Å². The molecule has 1 aromatic heterocycles. The predicted octanol–water partition coefficient (Wildman–Crippen LogP) is 1.75. The van der Waals surface area contributed by atoms with Crippen molar-refractivity contribution in [2.24, 2.45) is 5.92 Å². The van der Waals surface area contributed by atoms with Gasteiger partial charge in [-0.05, 0) is 36.0 Å². The number of carbonyl (C=O) groups is 1. The van der Waals surface area contributed by atoms with Crippen molar-refractivity contribution in [1.82, 2.24) is 20.3 Å². The van der Waals surface area contributed by atoms with Crippen molar-refractivity contribution >= 4 is 35.1 Å². The van der Waals surface area contributed by atoms with Crippen LogP contribution in [-0.2, 0) is 4.79 Å². The Morgan fingerprint density at radius 1 is 1.17 bits per heavy atom. The topological polar surface area (TPSA) is 79.8 Å². The van der Waals surface area contributed by atoms with Gasteiger partial charge in [0.2, 0.25) is 22.4 Å². The first-order valence-electron chi connectivity index (χ1n) is 5.49. The summed E-state index contributed by atoms with van der Waals surface area (Å²) in [5.41, 5.74) is 0. The first-order chi connectivity index (χ1) is 8.38. The minimum absolute atomic E-state index is 0.0210. The van der Waals surface area contributed by atoms with Gasteiger partial charge in [-0.2, -0.15) is 15.0 Å². The number of amides is 1. The molecular formula is C10H15Cl2N5O. The van der Waals surface area contributed by atoms with Crippen molar-refractivity contribution in [3.8, 4) is 0 Å². The highest BCUT2D eigenvalue weighted by Gasteiger charge is 2.14. The molecule has 0 aliphatic rings. The lowest BCUT2D eigenvalue weighted by atomic mass is 10.2. The van der Waals surface area contributed by atoms with Crippen LogP contribution in [0.5, 0.6) is 0 Å². The molecule has 100 valence electrons. The first kappa shape index (κ1) is 14.9. The average molecular weight is 292 g/mol. The van der Waals surface area contributed by atoms with E-state index in [0.29, 0.717) is 12.5 Å². The van der Waals surface area contributed by atoms with Gasteiger partial charge in [0.25, 0.3) is 0 Å². The highest BCUT2D eigenvalue weighted by atomic mass is 35.5. The summed E-state index contributed by atoms with van der Waals surface area (Å²) in [5, 5.41) is 5.55. The summed E-state index contributed by atoms with van der Waals surface area (Å²) in [4.78, 5) is 23.0. The van der Waals surface area contributed by atoms with Gasteiger partial charge in [-0.15, -0.1) is 0 Å². The Kier molecular flexibility index (Phi) is 5.55. The van der Waals surface area contributed by atoms with E-state index in [0.717, 1.165) is 0 Å². The molecule has 0 spiro atoms. The van der Waals surface area contributed by atoms with E-state index in [9.17, 15) is 4.79 Å². The third-order valence-corrected chi connectivity index (χ3v) is 2.34. The van der Waals surface area contributed by atoms with Crippen LogP contribution in [0.2, 0.25) is 10.6 Å². The van der Waals surface area contributed by atoms with Crippen LogP contribution in [0.15, 0.2) is 0 Å². The fourth-order valence-corrected chi connectivity index (χ4v) is 1.47. The SMILES string of the molecule is CC(C)CNC(=O)C(C)Nc1nc(Cl)nc(Cl)n1. The molecule has 0 bridgehead atoms. The van der Waals surface area contributed by atoms with Crippen LogP contribution in [-0.4, -0.2) is 33.4 Å². The zero-order valence-corrected chi connectivity index (χ0v) is 11.9. The number of hydrogen-bond acceptors (Lipinski definition) is 5. The summed E-state index contributed by atoms with van der Waals surface area (Å²) >= 11 is 11.3. The van der Waals surface area contributed by atoms with E-state index < -0.39 is 6.04 Å². The van der Waals surface area contributed by atoms with Crippen molar-refractivity contribution in [3.63, 3.8) is 0 Å². The molecule has 1 heterocycles. The second-order valence-corrected chi connectivity index (χ2v) is 4.88. The molecule has 1 rings (SSSR count). The standard InChI is InChI=1S/C10H15Cl2N5O/c1-5(2)4-13-7(18)6(3)14-10-16-8(11)15-9(12)17-10/h5-6H,4H2,1-3H3,(H,13,18)(H,14,15,16,17). The number of rotatable bonds is 5. The summed E-state index contributed by atoms with van der Waals surface area (Å²) < 4.78 is 0. The van der Waals surface area contributed by atoms with E-state index in [1.807, 2.05) is 13.8 Å². The van der Waals surface area contributed by atoms with Gasteiger partial charge in [-0.1, -0.05) is 13.8 Å². The Morgan fingerprint density at radius 2 is 1.72 bits per heavy atom. The summed E-state index contributed by atoms with van der Waals surface area (Å²) in [6.07, 6.45) is 0. The highest BCUT2D eigenvalue weighted by molar-refractivity contribution is 6.31. The molecule has 0 saturated carbocycles. The molecule has 0 aromatic carbocycles. The normalized spacial score (nSPS) is 12.3. The molecule has 0 aliphatic heterocycles. The van der Waals surface area contributed by atoms with Gasteiger partial charge in [0, 0.05) is 6.54 Å². The van der Waals surface area contributed by atoms with Crippen molar-refractivity contribution in [2.45, 2.75) is 26.8 Å². The number of anilines is 1. The Labute approximate surface area is 116 Å². The minimum Gasteiger partial charge on any atom is -0.354 e. The van der Waals surface area contributed by atoms with E-state index in [-0.39, 0.29) is 22.4 Å². The monoisotopic (exact) mass is 291 g/mol. The van der Waals surface area contributed by atoms with Crippen molar-refractivity contribution in [2.75, 3.05) is 11.9 Å². The lowest BCUT2D eigenvalue weighted by molar-refractivity contribution is -0.121. The van der Waals surface area contributed by atoms with Crippen molar-refractivity contribution in [3.05, 3.63) is 10.6 Å². The molecule has 6 nitrogen and oxygen atoms in total. The molecule has 2 N–H and O–H groups in total. The molecule has 8 heteroatoms. The number of carbonyl (C=O) groups excluding carboxylic acids is 1. The largest absolute Gasteiger partial charge is 0.354 e. The molecular weight excluding hydrogens is 277 g/mol. The van der Waals surface area contributed by atoms with E-state index in [1.54, 1.807) is 6.92 Å². The van der Waals surface area contributed by atoms with Gasteiger partial charge in [-0.3, -0.25) is 4.79 Å². The van der Waals surface area contributed by atoms with Crippen LogP contribution in [0.1, 0.15) is 20.8 Å². The van der Waals surface area contributed by atoms with Gasteiger partial charge in [0.15, 0.2) is 0 Å². The van der Waals surface area contributed by atoms with E-state index >= 15 is 0 Å². The zero-order chi connectivity index (χ0) is 13.7. The average Bonchev–Trinajstić information content (AvgIpc) is 2.24. The van der Waals surface area contributed by atoms with Crippen LogP contribution < -0.4 is 10.6 Å². The van der Waals surface area contributed by atoms with Gasteiger partial charge in [0.1, 0.15) is 6.04 Å². The lowest BCUT2D eigenvalue weighted by Crippen LogP contribution is -2.39. The number of hydrogen-bond donors (Lipinski definition) is 2. The van der Waals surface area contributed by atoms with Gasteiger partial charge < -0.3 is 10.6 Å². The lowest BCUT2D eigenvalue weighted by Gasteiger charge is -2.14. The van der Waals surface area contributed by atoms with Gasteiger partial charge >= 0.3 is 0 Å². The Hall–Kier alpha value is -1.14. The maximum atomic E-state index is 11.7. The zero-order valence-electron chi connectivity index (χ0n) is 10.4. The Morgan fingerprint density at radius 3 is 2.22 bits per heavy atom. The van der Waals surface area contributed by atoms with Crippen LogP contribution in [0.3, 0.4) is 0 Å². The molecule has 0 aliphatic carbocycles. The third kappa shape index (κ3) is 5.01. The summed E-state index contributed by atoms with van der Waals surface area (Å²) in [5.74, 6) is 0.422. The van der Waals surface area contributed by atoms with Gasteiger partial charge in [0.05, 0.1) is 0 Å². The first-order valence-corrected chi connectivity index (χ1v) is 6.25. The Bertz CT molecular complexity index is 406. The number of halogens is 2. The molecule has 18 heavy (non-hydrogen) atoms. The predicted molar refractivity (Wildman–Crippen MR) is 70.8 cm³/mol. The maximum absolute atomic E-state index is 11.7. The second-order valence-electron chi connectivity index (χ2n) is 4.20. The van der Waals surface area contributed by atoms with E-state index in [4.69, 9.17) is 23.2 Å². The number of nitrogens with zero attached hydrogens (tertiary/aromatic N) is 3. The number of nitrogens with one attached hydrogen (secondary N) is 2. The van der Waals surface area contributed by atoms with Crippen molar-refractivity contribution < 1.29 is 4.79 Å². The third-order valence-electron chi connectivity index (χ3n) is 2.00. The fourth-order valence-electron chi connectivity index (χ4n) is 1.11. The molecule has 1 atom stereocenters. The molecule has 1 unspecified atom stereocenters. The van der Waals surface area contributed by atoms with Crippen LogP contribution >= 0.6 is 23.2 Å². The van der Waals surface area contributed by atoms with Crippen molar-refractivity contribution in [1.29, 1.82) is 0 Å². The summed E-state index contributed by atoms with van der Waals surface area (Å²) in [6, 6.07) is -0.488.